The van der Waals surface area contributed by atoms with Crippen LogP contribution in [0.25, 0.3) is 0 Å². The molecule has 0 spiro atoms. The number of aromatic nitrogens is 3. The summed E-state index contributed by atoms with van der Waals surface area (Å²) in [4.78, 5) is 0. The second-order valence-electron chi connectivity index (χ2n) is 3.69. The second-order valence-corrected chi connectivity index (χ2v) is 3.69. The van der Waals surface area contributed by atoms with Crippen molar-refractivity contribution in [1.82, 2.24) is 15.0 Å². The number of nitrogens with two attached hydrogens (primary N) is 1. The Kier molecular flexibility index (Phi) is 1.84. The highest BCUT2D eigenvalue weighted by Gasteiger charge is 2.26. The Bertz CT molecular complexity index is 262. The molecule has 1 aromatic heterocycles. The first-order valence-electron chi connectivity index (χ1n) is 4.35. The molecule has 1 aliphatic carbocycles. The molecule has 1 aromatic rings. The summed E-state index contributed by atoms with van der Waals surface area (Å²) in [5.41, 5.74) is 6.78. The van der Waals surface area contributed by atoms with Gasteiger partial charge in [-0.15, -0.1) is 5.10 Å². The Morgan fingerprint density at radius 2 is 2.42 bits per heavy atom. The highest BCUT2D eigenvalue weighted by atomic mass is 15.4. The molecule has 0 saturated heterocycles. The van der Waals surface area contributed by atoms with Gasteiger partial charge in [-0.25, -0.2) is 0 Å². The Morgan fingerprint density at radius 1 is 1.67 bits per heavy atom. The van der Waals surface area contributed by atoms with Crippen molar-refractivity contribution in [3.63, 3.8) is 0 Å². The summed E-state index contributed by atoms with van der Waals surface area (Å²) in [6.07, 6.45) is 5.32. The van der Waals surface area contributed by atoms with Gasteiger partial charge in [-0.2, -0.15) is 0 Å². The van der Waals surface area contributed by atoms with Gasteiger partial charge in [0, 0.05) is 19.3 Å². The van der Waals surface area contributed by atoms with Crippen molar-refractivity contribution in [1.29, 1.82) is 0 Å². The average molecular weight is 166 g/mol. The van der Waals surface area contributed by atoms with E-state index in [0.29, 0.717) is 6.04 Å². The van der Waals surface area contributed by atoms with Gasteiger partial charge in [-0.3, -0.25) is 4.68 Å². The van der Waals surface area contributed by atoms with Crippen molar-refractivity contribution in [2.24, 2.45) is 18.7 Å². The molecule has 2 rings (SSSR count). The predicted octanol–water partition coefficient (Wildman–Crippen LogP) is 0.0949. The third-order valence-corrected chi connectivity index (χ3v) is 2.42. The molecule has 0 unspecified atom stereocenters. The molecule has 12 heavy (non-hydrogen) atoms. The van der Waals surface area contributed by atoms with Crippen LogP contribution in [0.3, 0.4) is 0 Å². The summed E-state index contributed by atoms with van der Waals surface area (Å²) in [6, 6.07) is 0.437. The van der Waals surface area contributed by atoms with Crippen LogP contribution >= 0.6 is 0 Å². The molecule has 0 aliphatic heterocycles. The molecule has 0 atom stereocenters. The van der Waals surface area contributed by atoms with E-state index in [9.17, 15) is 0 Å². The van der Waals surface area contributed by atoms with Gasteiger partial charge in [0.1, 0.15) is 0 Å². The van der Waals surface area contributed by atoms with Crippen LogP contribution in [-0.4, -0.2) is 21.0 Å². The number of nitrogens with zero attached hydrogens (tertiary/aromatic N) is 3. The number of hydrogen-bond acceptors (Lipinski definition) is 3. The Morgan fingerprint density at radius 3 is 2.92 bits per heavy atom. The van der Waals surface area contributed by atoms with Gasteiger partial charge in [0.25, 0.3) is 0 Å². The third kappa shape index (κ3) is 1.48. The maximum atomic E-state index is 5.69. The maximum Gasteiger partial charge on any atom is 0.0829 e. The van der Waals surface area contributed by atoms with Gasteiger partial charge in [0.2, 0.25) is 0 Å². The van der Waals surface area contributed by atoms with E-state index in [2.05, 4.69) is 10.3 Å². The lowest BCUT2D eigenvalue weighted by molar-refractivity contribution is 0.262. The van der Waals surface area contributed by atoms with Crippen LogP contribution in [0.2, 0.25) is 0 Å². The minimum atomic E-state index is 0.437. The Hall–Kier alpha value is -0.900. The molecule has 4 nitrogen and oxygen atoms in total. The summed E-state index contributed by atoms with van der Waals surface area (Å²) in [5.74, 6) is 0.747. The van der Waals surface area contributed by atoms with Crippen molar-refractivity contribution in [2.45, 2.75) is 25.3 Å². The number of aryl methyl sites for hydroxylation is 1. The quantitative estimate of drug-likeness (QED) is 0.677. The molecule has 0 radical (unpaired) electrons. The van der Waals surface area contributed by atoms with E-state index < -0.39 is 0 Å². The summed E-state index contributed by atoms with van der Waals surface area (Å²) < 4.78 is 1.74. The molecular weight excluding hydrogens is 152 g/mol. The standard InChI is InChI=1S/C8H14N4/c1-12-5-8(10-11-12)4-6-2-7(9)3-6/h5-7H,2-4,9H2,1H3. The molecule has 2 N–H and O–H groups in total. The van der Waals surface area contributed by atoms with Crippen molar-refractivity contribution in [3.8, 4) is 0 Å². The van der Waals surface area contributed by atoms with Crippen LogP contribution in [0.1, 0.15) is 18.5 Å². The van der Waals surface area contributed by atoms with E-state index >= 15 is 0 Å². The molecule has 1 aliphatic rings. The van der Waals surface area contributed by atoms with Crippen molar-refractivity contribution in [2.75, 3.05) is 0 Å². The van der Waals surface area contributed by atoms with Crippen LogP contribution in [0, 0.1) is 5.92 Å². The zero-order valence-electron chi connectivity index (χ0n) is 7.27. The number of rotatable bonds is 2. The average Bonchev–Trinajstić information content (AvgIpc) is 2.33. The SMILES string of the molecule is Cn1cc(CC2CC(N)C2)nn1. The van der Waals surface area contributed by atoms with Gasteiger partial charge in [0.05, 0.1) is 5.69 Å². The predicted molar refractivity (Wildman–Crippen MR) is 45.4 cm³/mol. The maximum absolute atomic E-state index is 5.69. The van der Waals surface area contributed by atoms with Gasteiger partial charge in [-0.05, 0) is 25.2 Å². The van der Waals surface area contributed by atoms with E-state index in [4.69, 9.17) is 5.73 Å². The van der Waals surface area contributed by atoms with Crippen molar-refractivity contribution < 1.29 is 0 Å². The summed E-state index contributed by atoms with van der Waals surface area (Å²) >= 11 is 0. The van der Waals surface area contributed by atoms with Crippen LogP contribution in [0.15, 0.2) is 6.20 Å². The summed E-state index contributed by atoms with van der Waals surface area (Å²) in [7, 11) is 1.89. The lowest BCUT2D eigenvalue weighted by Crippen LogP contribution is -2.37. The minimum absolute atomic E-state index is 0.437. The zero-order valence-corrected chi connectivity index (χ0v) is 7.27. The second kappa shape index (κ2) is 2.86. The van der Waals surface area contributed by atoms with Gasteiger partial charge < -0.3 is 5.73 Å². The highest BCUT2D eigenvalue weighted by molar-refractivity contribution is 4.97. The highest BCUT2D eigenvalue weighted by Crippen LogP contribution is 2.28. The lowest BCUT2D eigenvalue weighted by Gasteiger charge is -2.31. The van der Waals surface area contributed by atoms with E-state index in [0.717, 1.165) is 30.9 Å². The lowest BCUT2D eigenvalue weighted by atomic mass is 9.78. The fourth-order valence-corrected chi connectivity index (χ4v) is 1.74. The molecular formula is C8H14N4. The monoisotopic (exact) mass is 166 g/mol. The first-order valence-corrected chi connectivity index (χ1v) is 4.35. The molecule has 1 saturated carbocycles. The first kappa shape index (κ1) is 7.73. The number of hydrogen-bond donors (Lipinski definition) is 1. The smallest absolute Gasteiger partial charge is 0.0829 e. The van der Waals surface area contributed by atoms with E-state index in [1.165, 1.54) is 0 Å². The van der Waals surface area contributed by atoms with Gasteiger partial charge in [0.15, 0.2) is 0 Å². The fourth-order valence-electron chi connectivity index (χ4n) is 1.74. The van der Waals surface area contributed by atoms with Gasteiger partial charge >= 0.3 is 0 Å². The summed E-state index contributed by atoms with van der Waals surface area (Å²) in [6.45, 7) is 0. The van der Waals surface area contributed by atoms with E-state index in [1.54, 1.807) is 4.68 Å². The summed E-state index contributed by atoms with van der Waals surface area (Å²) in [5, 5.41) is 7.92. The zero-order chi connectivity index (χ0) is 8.55. The molecule has 1 fully saturated rings. The topological polar surface area (TPSA) is 56.7 Å². The van der Waals surface area contributed by atoms with Gasteiger partial charge in [-0.1, -0.05) is 5.21 Å². The molecule has 0 aromatic carbocycles. The molecule has 1 heterocycles. The van der Waals surface area contributed by atoms with Crippen molar-refractivity contribution in [3.05, 3.63) is 11.9 Å². The molecule has 4 heteroatoms. The Labute approximate surface area is 71.8 Å². The fraction of sp³-hybridized carbons (Fsp3) is 0.750. The van der Waals surface area contributed by atoms with Crippen LogP contribution in [-0.2, 0) is 13.5 Å². The normalized spacial score (nSPS) is 28.5. The first-order chi connectivity index (χ1) is 5.74. The van der Waals surface area contributed by atoms with E-state index in [1.807, 2.05) is 13.2 Å². The molecule has 0 amide bonds. The molecule has 66 valence electrons. The van der Waals surface area contributed by atoms with Crippen LogP contribution in [0.5, 0.6) is 0 Å². The minimum Gasteiger partial charge on any atom is -0.328 e. The Balaban J connectivity index is 1.88. The van der Waals surface area contributed by atoms with Crippen LogP contribution in [0.4, 0.5) is 0 Å². The third-order valence-electron chi connectivity index (χ3n) is 2.42. The molecule has 0 bridgehead atoms. The largest absolute Gasteiger partial charge is 0.328 e. The van der Waals surface area contributed by atoms with Crippen molar-refractivity contribution >= 4 is 0 Å². The van der Waals surface area contributed by atoms with Crippen LogP contribution < -0.4 is 5.73 Å². The van der Waals surface area contributed by atoms with E-state index in [-0.39, 0.29) is 0 Å².